The molecule has 0 saturated carbocycles. The summed E-state index contributed by atoms with van der Waals surface area (Å²) in [6.45, 7) is 1.07. The lowest BCUT2D eigenvalue weighted by atomic mass is 10.2. The lowest BCUT2D eigenvalue weighted by molar-refractivity contribution is 0.344. The van der Waals surface area contributed by atoms with E-state index in [1.165, 1.54) is 11.3 Å². The summed E-state index contributed by atoms with van der Waals surface area (Å²) in [5.74, 6) is 0. The van der Waals surface area contributed by atoms with Crippen molar-refractivity contribution in [3.63, 3.8) is 0 Å². The Kier molecular flexibility index (Phi) is 4.94. The standard InChI is InChI=1S/C18H21N4O2PS/c1-19-17-12-22-18(26-17)16(25(23)8-4-7-24-25)11-20-14-9-13-5-2-3-6-15(13)21-10-14/h2-3,5-6,9-10,12,16,19-20H,4,7-8,11H2,1H3. The summed E-state index contributed by atoms with van der Waals surface area (Å²) in [5.41, 5.74) is 1.62. The Bertz CT molecular complexity index is 951. The molecule has 1 fully saturated rings. The van der Waals surface area contributed by atoms with E-state index in [0.29, 0.717) is 19.3 Å². The molecule has 2 aromatic heterocycles. The second kappa shape index (κ2) is 7.35. The number of fused-ring (bicyclic) bond motifs is 1. The normalized spacial score (nSPS) is 21.0. The van der Waals surface area contributed by atoms with Crippen LogP contribution >= 0.6 is 18.7 Å². The Morgan fingerprint density at radius 3 is 2.96 bits per heavy atom. The molecule has 4 rings (SSSR count). The van der Waals surface area contributed by atoms with Gasteiger partial charge in [-0.05, 0) is 18.6 Å². The maximum Gasteiger partial charge on any atom is 0.214 e. The number of nitrogens with zero attached hydrogens (tertiary/aromatic N) is 2. The van der Waals surface area contributed by atoms with Gasteiger partial charge in [0.25, 0.3) is 0 Å². The van der Waals surface area contributed by atoms with Crippen LogP contribution in [0.5, 0.6) is 0 Å². The summed E-state index contributed by atoms with van der Waals surface area (Å²) >= 11 is 1.53. The summed E-state index contributed by atoms with van der Waals surface area (Å²) in [4.78, 5) is 8.97. The largest absolute Gasteiger partial charge is 0.383 e. The monoisotopic (exact) mass is 388 g/mol. The first-order valence-corrected chi connectivity index (χ1v) is 11.3. The van der Waals surface area contributed by atoms with E-state index in [4.69, 9.17) is 4.52 Å². The highest BCUT2D eigenvalue weighted by molar-refractivity contribution is 7.60. The first-order valence-electron chi connectivity index (χ1n) is 8.63. The van der Waals surface area contributed by atoms with Crippen molar-refractivity contribution in [2.75, 3.05) is 37.0 Å². The second-order valence-corrected chi connectivity index (χ2v) is 10.1. The molecule has 2 unspecified atom stereocenters. The molecule has 0 radical (unpaired) electrons. The van der Waals surface area contributed by atoms with Gasteiger partial charge in [-0.15, -0.1) is 11.3 Å². The Balaban J connectivity index is 1.58. The Morgan fingerprint density at radius 2 is 2.19 bits per heavy atom. The lowest BCUT2D eigenvalue weighted by Gasteiger charge is -2.22. The van der Waals surface area contributed by atoms with E-state index >= 15 is 0 Å². The average molecular weight is 388 g/mol. The average Bonchev–Trinajstić information content (AvgIpc) is 3.31. The Labute approximate surface area is 156 Å². The van der Waals surface area contributed by atoms with Crippen molar-refractivity contribution in [3.8, 4) is 0 Å². The number of pyridine rings is 1. The molecule has 1 aliphatic rings. The van der Waals surface area contributed by atoms with Gasteiger partial charge in [-0.1, -0.05) is 18.2 Å². The molecular weight excluding hydrogens is 367 g/mol. The zero-order valence-electron chi connectivity index (χ0n) is 14.5. The van der Waals surface area contributed by atoms with Crippen molar-refractivity contribution in [2.45, 2.75) is 12.1 Å². The van der Waals surface area contributed by atoms with E-state index in [9.17, 15) is 4.57 Å². The number of hydrogen-bond acceptors (Lipinski definition) is 7. The van der Waals surface area contributed by atoms with Gasteiger partial charge >= 0.3 is 0 Å². The number of hydrogen-bond donors (Lipinski definition) is 2. The molecule has 8 heteroatoms. The summed E-state index contributed by atoms with van der Waals surface area (Å²) in [6, 6.07) is 10.1. The molecule has 2 atom stereocenters. The van der Waals surface area contributed by atoms with E-state index in [1.54, 1.807) is 6.20 Å². The van der Waals surface area contributed by atoms with E-state index in [2.05, 4.69) is 26.7 Å². The topological polar surface area (TPSA) is 76.1 Å². The van der Waals surface area contributed by atoms with E-state index in [-0.39, 0.29) is 5.66 Å². The molecule has 0 amide bonds. The van der Waals surface area contributed by atoms with E-state index in [1.807, 2.05) is 37.5 Å². The molecular formula is C18H21N4O2PS. The quantitative estimate of drug-likeness (QED) is 0.602. The van der Waals surface area contributed by atoms with Crippen LogP contribution in [0.15, 0.2) is 42.7 Å². The van der Waals surface area contributed by atoms with Gasteiger partial charge in [-0.2, -0.15) is 0 Å². The number of benzene rings is 1. The maximum absolute atomic E-state index is 13.3. The highest BCUT2D eigenvalue weighted by Crippen LogP contribution is 2.63. The molecule has 1 aliphatic heterocycles. The molecule has 3 aromatic rings. The first kappa shape index (κ1) is 17.5. The minimum absolute atomic E-state index is 0.247. The fourth-order valence-corrected chi connectivity index (χ4v) is 6.95. The maximum atomic E-state index is 13.3. The molecule has 0 spiro atoms. The van der Waals surface area contributed by atoms with Crippen LogP contribution in [0.2, 0.25) is 0 Å². The number of para-hydroxylation sites is 1. The van der Waals surface area contributed by atoms with Gasteiger partial charge in [-0.25, -0.2) is 4.98 Å². The second-order valence-electron chi connectivity index (χ2n) is 6.26. The van der Waals surface area contributed by atoms with E-state index < -0.39 is 7.37 Å². The third kappa shape index (κ3) is 3.47. The van der Waals surface area contributed by atoms with Crippen molar-refractivity contribution in [2.24, 2.45) is 0 Å². The summed E-state index contributed by atoms with van der Waals surface area (Å²) < 4.78 is 19.0. The van der Waals surface area contributed by atoms with Gasteiger partial charge in [0.2, 0.25) is 7.37 Å². The smallest absolute Gasteiger partial charge is 0.214 e. The molecule has 1 saturated heterocycles. The van der Waals surface area contributed by atoms with Crippen molar-refractivity contribution in [1.82, 2.24) is 9.97 Å². The fraction of sp³-hybridized carbons (Fsp3) is 0.333. The van der Waals surface area contributed by atoms with Crippen LogP contribution in [-0.4, -0.2) is 36.3 Å². The minimum Gasteiger partial charge on any atom is -0.383 e. The van der Waals surface area contributed by atoms with Crippen LogP contribution in [-0.2, 0) is 9.09 Å². The van der Waals surface area contributed by atoms with Crippen LogP contribution in [0.1, 0.15) is 17.1 Å². The van der Waals surface area contributed by atoms with Crippen LogP contribution in [0.4, 0.5) is 10.7 Å². The molecule has 6 nitrogen and oxygen atoms in total. The van der Waals surface area contributed by atoms with Crippen LogP contribution < -0.4 is 10.6 Å². The zero-order valence-corrected chi connectivity index (χ0v) is 16.2. The number of thiazole rings is 1. The summed E-state index contributed by atoms with van der Waals surface area (Å²) in [5, 5.41) is 9.37. The van der Waals surface area contributed by atoms with Gasteiger partial charge < -0.3 is 15.2 Å². The minimum atomic E-state index is -2.75. The van der Waals surface area contributed by atoms with E-state index in [0.717, 1.165) is 33.0 Å². The highest BCUT2D eigenvalue weighted by atomic mass is 32.1. The lowest BCUT2D eigenvalue weighted by Crippen LogP contribution is -2.14. The van der Waals surface area contributed by atoms with Gasteiger partial charge in [-0.3, -0.25) is 9.55 Å². The molecule has 136 valence electrons. The van der Waals surface area contributed by atoms with Crippen molar-refractivity contribution < 1.29 is 9.09 Å². The predicted octanol–water partition coefficient (Wildman–Crippen LogP) is 4.58. The zero-order chi connectivity index (χ0) is 18.0. The predicted molar refractivity (Wildman–Crippen MR) is 108 cm³/mol. The van der Waals surface area contributed by atoms with Crippen molar-refractivity contribution in [3.05, 3.63) is 47.7 Å². The van der Waals surface area contributed by atoms with Gasteiger partial charge in [0.15, 0.2) is 0 Å². The van der Waals surface area contributed by atoms with Gasteiger partial charge in [0.05, 0.1) is 30.2 Å². The highest BCUT2D eigenvalue weighted by Gasteiger charge is 2.40. The third-order valence-corrected chi connectivity index (χ3v) is 8.78. The number of rotatable bonds is 6. The fourth-order valence-electron chi connectivity index (χ4n) is 3.15. The van der Waals surface area contributed by atoms with Gasteiger partial charge in [0, 0.05) is 25.1 Å². The Hall–Kier alpha value is -1.95. The summed E-state index contributed by atoms with van der Waals surface area (Å²) in [7, 11) is -0.886. The van der Waals surface area contributed by atoms with Crippen molar-refractivity contribution in [1.29, 1.82) is 0 Å². The van der Waals surface area contributed by atoms with Crippen molar-refractivity contribution >= 4 is 40.3 Å². The van der Waals surface area contributed by atoms with Crippen LogP contribution in [0.25, 0.3) is 10.9 Å². The number of nitrogens with one attached hydrogen (secondary N) is 2. The molecule has 0 aliphatic carbocycles. The molecule has 2 N–H and O–H groups in total. The Morgan fingerprint density at radius 1 is 1.31 bits per heavy atom. The third-order valence-electron chi connectivity index (χ3n) is 4.54. The first-order chi connectivity index (χ1) is 12.7. The molecule has 1 aromatic carbocycles. The molecule has 0 bridgehead atoms. The number of anilines is 2. The summed E-state index contributed by atoms with van der Waals surface area (Å²) in [6.07, 6.45) is 5.05. The number of aromatic nitrogens is 2. The van der Waals surface area contributed by atoms with Crippen LogP contribution in [0.3, 0.4) is 0 Å². The molecule has 3 heterocycles. The SMILES string of the molecule is CNc1cnc(C(CNc2cnc3ccccc3c2)P2(=O)CCCO2)s1. The van der Waals surface area contributed by atoms with Crippen LogP contribution in [0, 0.1) is 0 Å². The molecule has 26 heavy (non-hydrogen) atoms. The van der Waals surface area contributed by atoms with Gasteiger partial charge in [0.1, 0.15) is 15.7 Å².